The summed E-state index contributed by atoms with van der Waals surface area (Å²) in [7, 11) is 0. The minimum absolute atomic E-state index is 0.224. The number of halogens is 1. The minimum atomic E-state index is -0.230. The molecule has 0 aliphatic heterocycles. The first kappa shape index (κ1) is 8.16. The highest BCUT2D eigenvalue weighted by atomic mass is 19.1. The van der Waals surface area contributed by atoms with E-state index >= 15 is 0 Å². The number of ketones is 1. The molecule has 3 aliphatic rings. The molecule has 3 aliphatic carbocycles. The van der Waals surface area contributed by atoms with Crippen molar-refractivity contribution in [1.82, 2.24) is 0 Å². The number of hydrogen-bond acceptors (Lipinski definition) is 1. The lowest BCUT2D eigenvalue weighted by molar-refractivity contribution is -0.133. The van der Waals surface area contributed by atoms with E-state index in [2.05, 4.69) is 0 Å². The Morgan fingerprint density at radius 2 is 2.00 bits per heavy atom. The van der Waals surface area contributed by atoms with Crippen LogP contribution in [0.4, 0.5) is 4.39 Å². The second-order valence-electron chi connectivity index (χ2n) is 4.39. The number of fused-ring (bicyclic) bond motifs is 1. The van der Waals surface area contributed by atoms with Crippen molar-refractivity contribution >= 4 is 5.78 Å². The fourth-order valence-corrected chi connectivity index (χ4v) is 2.93. The van der Waals surface area contributed by atoms with Crippen LogP contribution in [0.15, 0.2) is 24.3 Å². The van der Waals surface area contributed by atoms with Crippen LogP contribution in [0.3, 0.4) is 0 Å². The Hall–Kier alpha value is -1.18. The van der Waals surface area contributed by atoms with Crippen LogP contribution >= 0.6 is 0 Å². The van der Waals surface area contributed by atoms with Crippen molar-refractivity contribution in [2.75, 3.05) is 0 Å². The summed E-state index contributed by atoms with van der Waals surface area (Å²) in [6.07, 6.45) is 2.97. The lowest BCUT2D eigenvalue weighted by Gasteiger charge is -2.36. The molecule has 0 spiro atoms. The molecule has 1 aromatic carbocycles. The van der Waals surface area contributed by atoms with E-state index in [1.807, 2.05) is 0 Å². The van der Waals surface area contributed by atoms with Gasteiger partial charge in [0, 0.05) is 5.92 Å². The Balaban J connectivity index is 2.03. The van der Waals surface area contributed by atoms with Gasteiger partial charge in [-0.15, -0.1) is 0 Å². The molecule has 0 heterocycles. The summed E-state index contributed by atoms with van der Waals surface area (Å²) in [5.41, 5.74) is 0.788. The van der Waals surface area contributed by atoms with E-state index in [1.165, 1.54) is 12.1 Å². The Kier molecular flexibility index (Phi) is 1.42. The van der Waals surface area contributed by atoms with Crippen molar-refractivity contribution in [1.29, 1.82) is 0 Å². The van der Waals surface area contributed by atoms with Gasteiger partial charge in [-0.05, 0) is 37.0 Å². The average molecular weight is 190 g/mol. The maximum Gasteiger partial charge on any atom is 0.146 e. The van der Waals surface area contributed by atoms with Crippen LogP contribution in [0.1, 0.15) is 24.8 Å². The van der Waals surface area contributed by atoms with E-state index < -0.39 is 0 Å². The van der Waals surface area contributed by atoms with E-state index in [9.17, 15) is 9.18 Å². The largest absolute Gasteiger partial charge is 0.298 e. The Morgan fingerprint density at radius 3 is 2.50 bits per heavy atom. The summed E-state index contributed by atoms with van der Waals surface area (Å²) in [4.78, 5) is 11.7. The molecule has 1 aromatic rings. The summed E-state index contributed by atoms with van der Waals surface area (Å²) < 4.78 is 12.7. The highest BCUT2D eigenvalue weighted by molar-refractivity contribution is 6.00. The van der Waals surface area contributed by atoms with Crippen LogP contribution in [-0.2, 0) is 10.2 Å². The number of carbonyl (C=O) groups excluding carboxylic acids is 1. The molecule has 2 unspecified atom stereocenters. The summed E-state index contributed by atoms with van der Waals surface area (Å²) in [5, 5.41) is 0. The molecule has 3 saturated carbocycles. The van der Waals surface area contributed by atoms with Gasteiger partial charge in [0.05, 0.1) is 5.41 Å². The van der Waals surface area contributed by atoms with Crippen molar-refractivity contribution in [3.63, 3.8) is 0 Å². The van der Waals surface area contributed by atoms with Crippen LogP contribution in [-0.4, -0.2) is 5.78 Å². The third kappa shape index (κ3) is 0.813. The standard InChI is InChI=1S/C12H11FO/c13-10-3-1-9(2-4-10)12-6-5-8(7-12)11(12)14/h1-4,8H,5-7H2. The predicted octanol–water partition coefficient (Wildman–Crippen LogP) is 2.45. The van der Waals surface area contributed by atoms with Gasteiger partial charge in [0.15, 0.2) is 0 Å². The molecule has 1 nitrogen and oxygen atoms in total. The number of carbonyl (C=O) groups is 1. The second-order valence-corrected chi connectivity index (χ2v) is 4.39. The molecule has 2 bridgehead atoms. The van der Waals surface area contributed by atoms with Crippen molar-refractivity contribution < 1.29 is 9.18 Å². The normalized spacial score (nSPS) is 34.4. The molecular formula is C12H11FO. The maximum atomic E-state index is 12.7. The van der Waals surface area contributed by atoms with E-state index in [0.29, 0.717) is 11.7 Å². The molecule has 3 fully saturated rings. The van der Waals surface area contributed by atoms with E-state index in [1.54, 1.807) is 12.1 Å². The fraction of sp³-hybridized carbons (Fsp3) is 0.417. The topological polar surface area (TPSA) is 17.1 Å². The third-order valence-corrected chi connectivity index (χ3v) is 3.75. The van der Waals surface area contributed by atoms with Gasteiger partial charge >= 0.3 is 0 Å². The zero-order chi connectivity index (χ0) is 9.76. The first-order valence-electron chi connectivity index (χ1n) is 5.03. The summed E-state index contributed by atoms with van der Waals surface area (Å²) in [5.74, 6) is 0.454. The lowest BCUT2D eigenvalue weighted by atomic mass is 9.64. The van der Waals surface area contributed by atoms with Crippen LogP contribution in [0.25, 0.3) is 0 Å². The summed E-state index contributed by atoms with van der Waals surface area (Å²) >= 11 is 0. The molecule has 4 rings (SSSR count). The molecule has 2 heteroatoms. The lowest BCUT2D eigenvalue weighted by Crippen LogP contribution is -2.44. The Bertz CT molecular complexity index is 391. The van der Waals surface area contributed by atoms with E-state index in [-0.39, 0.29) is 11.2 Å². The molecule has 0 radical (unpaired) electrons. The first-order chi connectivity index (χ1) is 6.72. The quantitative estimate of drug-likeness (QED) is 0.664. The molecule has 0 aromatic heterocycles. The third-order valence-electron chi connectivity index (χ3n) is 3.75. The van der Waals surface area contributed by atoms with E-state index in [0.717, 1.165) is 24.8 Å². The van der Waals surface area contributed by atoms with Crippen LogP contribution in [0.2, 0.25) is 0 Å². The molecule has 2 atom stereocenters. The molecular weight excluding hydrogens is 179 g/mol. The van der Waals surface area contributed by atoms with E-state index in [4.69, 9.17) is 0 Å². The number of Topliss-reactive ketones (excluding diaryl/α,β-unsaturated/α-hetero) is 1. The van der Waals surface area contributed by atoms with Gasteiger partial charge in [0.2, 0.25) is 0 Å². The van der Waals surface area contributed by atoms with Crippen molar-refractivity contribution in [3.8, 4) is 0 Å². The number of hydrogen-bond donors (Lipinski definition) is 0. The average Bonchev–Trinajstić information content (AvgIpc) is 2.76. The maximum absolute atomic E-state index is 12.7. The second kappa shape index (κ2) is 2.44. The highest BCUT2D eigenvalue weighted by Gasteiger charge is 2.59. The first-order valence-corrected chi connectivity index (χ1v) is 5.03. The molecule has 0 N–H and O–H groups in total. The van der Waals surface area contributed by atoms with Crippen LogP contribution in [0, 0.1) is 11.7 Å². The van der Waals surface area contributed by atoms with Crippen LogP contribution < -0.4 is 0 Å². The minimum Gasteiger partial charge on any atom is -0.298 e. The Labute approximate surface area is 81.9 Å². The molecule has 72 valence electrons. The fourth-order valence-electron chi connectivity index (χ4n) is 2.93. The van der Waals surface area contributed by atoms with Gasteiger partial charge in [-0.2, -0.15) is 0 Å². The molecule has 0 saturated heterocycles. The van der Waals surface area contributed by atoms with Crippen LogP contribution in [0.5, 0.6) is 0 Å². The SMILES string of the molecule is O=C1C2CCC1(c1ccc(F)cc1)C2. The summed E-state index contributed by atoms with van der Waals surface area (Å²) in [6.45, 7) is 0. The van der Waals surface area contributed by atoms with Crippen molar-refractivity contribution in [3.05, 3.63) is 35.6 Å². The molecule has 0 amide bonds. The highest BCUT2D eigenvalue weighted by Crippen LogP contribution is 2.56. The van der Waals surface area contributed by atoms with Crippen molar-refractivity contribution in [2.24, 2.45) is 5.92 Å². The Morgan fingerprint density at radius 1 is 1.29 bits per heavy atom. The van der Waals surface area contributed by atoms with Crippen molar-refractivity contribution in [2.45, 2.75) is 24.7 Å². The van der Waals surface area contributed by atoms with Gasteiger partial charge in [0.1, 0.15) is 11.6 Å². The predicted molar refractivity (Wildman–Crippen MR) is 50.4 cm³/mol. The zero-order valence-electron chi connectivity index (χ0n) is 7.79. The zero-order valence-corrected chi connectivity index (χ0v) is 7.79. The van der Waals surface area contributed by atoms with Gasteiger partial charge in [-0.1, -0.05) is 12.1 Å². The number of benzene rings is 1. The van der Waals surface area contributed by atoms with Gasteiger partial charge in [-0.3, -0.25) is 4.79 Å². The van der Waals surface area contributed by atoms with Gasteiger partial charge in [0.25, 0.3) is 0 Å². The summed E-state index contributed by atoms with van der Waals surface area (Å²) in [6, 6.07) is 6.41. The van der Waals surface area contributed by atoms with Gasteiger partial charge < -0.3 is 0 Å². The number of rotatable bonds is 1. The smallest absolute Gasteiger partial charge is 0.146 e. The van der Waals surface area contributed by atoms with Gasteiger partial charge in [-0.25, -0.2) is 4.39 Å². The monoisotopic (exact) mass is 190 g/mol. The molecule has 14 heavy (non-hydrogen) atoms.